The number of sulfonamides is 1. The Morgan fingerprint density at radius 1 is 1.15 bits per heavy atom. The fourth-order valence-corrected chi connectivity index (χ4v) is 3.62. The molecule has 0 atom stereocenters. The van der Waals surface area contributed by atoms with Gasteiger partial charge in [-0.1, -0.05) is 24.3 Å². The summed E-state index contributed by atoms with van der Waals surface area (Å²) in [7, 11) is -3.82. The van der Waals surface area contributed by atoms with E-state index >= 15 is 0 Å². The van der Waals surface area contributed by atoms with Crippen LogP contribution in [0.15, 0.2) is 59.8 Å². The van der Waals surface area contributed by atoms with E-state index in [4.69, 9.17) is 0 Å². The van der Waals surface area contributed by atoms with E-state index < -0.39 is 10.0 Å². The van der Waals surface area contributed by atoms with Gasteiger partial charge in [0.05, 0.1) is 4.90 Å². The van der Waals surface area contributed by atoms with Crippen LogP contribution in [0.4, 0.5) is 5.69 Å². The number of hydrogen-bond acceptors (Lipinski definition) is 5. The molecule has 134 valence electrons. The predicted octanol–water partition coefficient (Wildman–Crippen LogP) is 2.97. The Hall–Kier alpha value is -3.00. The van der Waals surface area contributed by atoms with E-state index in [-0.39, 0.29) is 10.7 Å². The summed E-state index contributed by atoms with van der Waals surface area (Å²) < 4.78 is 29.7. The normalized spacial score (nSPS) is 11.3. The minimum atomic E-state index is -3.82. The summed E-state index contributed by atoms with van der Waals surface area (Å²) in [5, 5.41) is 7.97. The zero-order valence-corrected chi connectivity index (χ0v) is 15.2. The average molecular weight is 370 g/mol. The van der Waals surface area contributed by atoms with Crippen molar-refractivity contribution < 1.29 is 13.2 Å². The van der Waals surface area contributed by atoms with E-state index in [0.29, 0.717) is 23.6 Å². The molecular weight excluding hydrogens is 352 g/mol. The summed E-state index contributed by atoms with van der Waals surface area (Å²) in [6.07, 6.45) is 1.62. The maximum Gasteiger partial charge on any atom is 0.261 e. The van der Waals surface area contributed by atoms with Crippen LogP contribution in [0, 0.1) is 0 Å². The molecule has 0 unspecified atom stereocenters. The lowest BCUT2D eigenvalue weighted by Gasteiger charge is -2.10. The standard InChI is InChI=1S/C18H18N4O3S/c1-3-22-12-19-20-18(22)15-7-4-8-16(10-15)21-26(24,25)17-9-5-6-14(11-17)13(2)23/h4-12,21H,3H2,1-2H3. The lowest BCUT2D eigenvalue weighted by molar-refractivity contribution is 0.101. The summed E-state index contributed by atoms with van der Waals surface area (Å²) in [5.41, 5.74) is 1.50. The van der Waals surface area contributed by atoms with Gasteiger partial charge in [-0.3, -0.25) is 9.52 Å². The van der Waals surface area contributed by atoms with Gasteiger partial charge in [-0.2, -0.15) is 0 Å². The molecule has 1 heterocycles. The van der Waals surface area contributed by atoms with Crippen LogP contribution < -0.4 is 4.72 Å². The molecule has 8 heteroatoms. The molecule has 0 radical (unpaired) electrons. The highest BCUT2D eigenvalue weighted by atomic mass is 32.2. The Bertz CT molecular complexity index is 1060. The third-order valence-electron chi connectivity index (χ3n) is 3.88. The molecule has 26 heavy (non-hydrogen) atoms. The zero-order valence-electron chi connectivity index (χ0n) is 14.4. The number of hydrogen-bond donors (Lipinski definition) is 1. The van der Waals surface area contributed by atoms with Crippen molar-refractivity contribution in [1.82, 2.24) is 14.8 Å². The minimum absolute atomic E-state index is 0.0346. The van der Waals surface area contributed by atoms with Gasteiger partial charge in [-0.25, -0.2) is 8.42 Å². The number of Topliss-reactive ketones (excluding diaryl/α,β-unsaturated/α-hetero) is 1. The quantitative estimate of drug-likeness (QED) is 0.673. The SMILES string of the molecule is CCn1cnnc1-c1cccc(NS(=O)(=O)c2cccc(C(C)=O)c2)c1. The number of anilines is 1. The zero-order chi connectivity index (χ0) is 18.7. The number of benzene rings is 2. The van der Waals surface area contributed by atoms with Crippen LogP contribution in [0.5, 0.6) is 0 Å². The van der Waals surface area contributed by atoms with Crippen LogP contribution in [0.2, 0.25) is 0 Å². The van der Waals surface area contributed by atoms with E-state index in [1.165, 1.54) is 19.1 Å². The molecule has 0 amide bonds. The number of rotatable bonds is 6. The molecule has 1 aromatic heterocycles. The van der Waals surface area contributed by atoms with Crippen molar-refractivity contribution >= 4 is 21.5 Å². The lowest BCUT2D eigenvalue weighted by Crippen LogP contribution is -2.13. The highest BCUT2D eigenvalue weighted by Gasteiger charge is 2.16. The van der Waals surface area contributed by atoms with Gasteiger partial charge in [0.15, 0.2) is 11.6 Å². The number of nitrogens with zero attached hydrogens (tertiary/aromatic N) is 3. The first-order chi connectivity index (χ1) is 12.4. The topological polar surface area (TPSA) is 93.9 Å². The fourth-order valence-electron chi connectivity index (χ4n) is 2.53. The van der Waals surface area contributed by atoms with Crippen LogP contribution in [0.1, 0.15) is 24.2 Å². The second-order valence-corrected chi connectivity index (χ2v) is 7.39. The summed E-state index contributed by atoms with van der Waals surface area (Å²) in [6.45, 7) is 4.07. The molecule has 0 aliphatic heterocycles. The van der Waals surface area contributed by atoms with Gasteiger partial charge in [-0.05, 0) is 38.1 Å². The highest BCUT2D eigenvalue weighted by molar-refractivity contribution is 7.92. The van der Waals surface area contributed by atoms with Crippen LogP contribution in [-0.4, -0.2) is 29.0 Å². The van der Waals surface area contributed by atoms with E-state index in [9.17, 15) is 13.2 Å². The van der Waals surface area contributed by atoms with Crippen LogP contribution in [-0.2, 0) is 16.6 Å². The first-order valence-corrected chi connectivity index (χ1v) is 9.51. The van der Waals surface area contributed by atoms with Crippen LogP contribution >= 0.6 is 0 Å². The Labute approximate surface area is 151 Å². The predicted molar refractivity (Wildman–Crippen MR) is 98.4 cm³/mol. The first kappa shape index (κ1) is 17.8. The largest absolute Gasteiger partial charge is 0.314 e. The van der Waals surface area contributed by atoms with Gasteiger partial charge < -0.3 is 4.57 Å². The first-order valence-electron chi connectivity index (χ1n) is 8.03. The molecule has 0 spiro atoms. The molecule has 0 aliphatic carbocycles. The second kappa shape index (κ2) is 7.09. The highest BCUT2D eigenvalue weighted by Crippen LogP contribution is 2.23. The van der Waals surface area contributed by atoms with Gasteiger partial charge in [0, 0.05) is 23.4 Å². The van der Waals surface area contributed by atoms with Crippen molar-refractivity contribution in [3.8, 4) is 11.4 Å². The molecule has 1 N–H and O–H groups in total. The maximum absolute atomic E-state index is 12.6. The molecule has 0 bridgehead atoms. The van der Waals surface area contributed by atoms with Gasteiger partial charge >= 0.3 is 0 Å². The molecule has 0 aliphatic rings. The third kappa shape index (κ3) is 3.65. The smallest absolute Gasteiger partial charge is 0.261 e. The monoisotopic (exact) mass is 370 g/mol. The number of ketones is 1. The van der Waals surface area contributed by atoms with E-state index in [2.05, 4.69) is 14.9 Å². The van der Waals surface area contributed by atoms with Gasteiger partial charge in [0.2, 0.25) is 0 Å². The number of aromatic nitrogens is 3. The molecule has 3 aromatic rings. The summed E-state index contributed by atoms with van der Waals surface area (Å²) in [4.78, 5) is 11.5. The Balaban J connectivity index is 1.92. The van der Waals surface area contributed by atoms with E-state index in [0.717, 1.165) is 5.56 Å². The van der Waals surface area contributed by atoms with E-state index in [1.54, 1.807) is 36.7 Å². The van der Waals surface area contributed by atoms with Crippen molar-refractivity contribution in [3.63, 3.8) is 0 Å². The number of aryl methyl sites for hydroxylation is 1. The number of carbonyl (C=O) groups excluding carboxylic acids is 1. The Kier molecular flexibility index (Phi) is 4.85. The molecule has 3 rings (SSSR count). The van der Waals surface area contributed by atoms with Crippen LogP contribution in [0.3, 0.4) is 0 Å². The molecule has 0 saturated carbocycles. The molecule has 2 aromatic carbocycles. The Morgan fingerprint density at radius 2 is 1.92 bits per heavy atom. The summed E-state index contributed by atoms with van der Waals surface area (Å²) in [6, 6.07) is 12.9. The van der Waals surface area contributed by atoms with Gasteiger partial charge in [0.1, 0.15) is 6.33 Å². The fraction of sp³-hybridized carbons (Fsp3) is 0.167. The number of nitrogens with one attached hydrogen (secondary N) is 1. The van der Waals surface area contributed by atoms with Crippen molar-refractivity contribution in [2.24, 2.45) is 0 Å². The molecule has 7 nitrogen and oxygen atoms in total. The number of carbonyl (C=O) groups is 1. The van der Waals surface area contributed by atoms with Gasteiger partial charge in [-0.15, -0.1) is 10.2 Å². The average Bonchev–Trinajstić information content (AvgIpc) is 3.10. The molecule has 0 fully saturated rings. The van der Waals surface area contributed by atoms with Gasteiger partial charge in [0.25, 0.3) is 10.0 Å². The van der Waals surface area contributed by atoms with Crippen molar-refractivity contribution in [3.05, 3.63) is 60.4 Å². The summed E-state index contributed by atoms with van der Waals surface area (Å²) >= 11 is 0. The van der Waals surface area contributed by atoms with Crippen molar-refractivity contribution in [2.45, 2.75) is 25.3 Å². The maximum atomic E-state index is 12.6. The van der Waals surface area contributed by atoms with E-state index in [1.807, 2.05) is 17.6 Å². The van der Waals surface area contributed by atoms with Crippen molar-refractivity contribution in [1.29, 1.82) is 0 Å². The molecular formula is C18H18N4O3S. The minimum Gasteiger partial charge on any atom is -0.314 e. The second-order valence-electron chi connectivity index (χ2n) is 5.71. The summed E-state index contributed by atoms with van der Waals surface area (Å²) in [5.74, 6) is 0.468. The molecule has 0 saturated heterocycles. The van der Waals surface area contributed by atoms with Crippen LogP contribution in [0.25, 0.3) is 11.4 Å². The Morgan fingerprint density at radius 3 is 2.65 bits per heavy atom. The third-order valence-corrected chi connectivity index (χ3v) is 5.26. The lowest BCUT2D eigenvalue weighted by atomic mass is 10.2. The van der Waals surface area contributed by atoms with Crippen molar-refractivity contribution in [2.75, 3.05) is 4.72 Å².